The van der Waals surface area contributed by atoms with Crippen LogP contribution in [0.25, 0.3) is 11.4 Å². The van der Waals surface area contributed by atoms with Crippen molar-refractivity contribution in [3.63, 3.8) is 0 Å². The maximum Gasteiger partial charge on any atom is 0.412 e. The van der Waals surface area contributed by atoms with Gasteiger partial charge in [-0.15, -0.1) is 0 Å². The summed E-state index contributed by atoms with van der Waals surface area (Å²) < 4.78 is 10.3. The number of hydrogen-bond acceptors (Lipinski definition) is 5. The molecule has 0 saturated carbocycles. The summed E-state index contributed by atoms with van der Waals surface area (Å²) in [6.07, 6.45) is -0.0807. The molecule has 0 atom stereocenters. The van der Waals surface area contributed by atoms with Gasteiger partial charge < -0.3 is 14.6 Å². The molecule has 3 aromatic rings. The summed E-state index contributed by atoms with van der Waals surface area (Å²) in [5.41, 5.74) is 2.01. The molecule has 0 aliphatic heterocycles. The lowest BCUT2D eigenvalue weighted by Crippen LogP contribution is -2.28. The van der Waals surface area contributed by atoms with Gasteiger partial charge in [0.2, 0.25) is 11.7 Å². The fraction of sp³-hybridized carbons (Fsp3) is 0.167. The molecule has 1 heterocycles. The van der Waals surface area contributed by atoms with Gasteiger partial charge in [-0.3, -0.25) is 0 Å². The van der Waals surface area contributed by atoms with E-state index in [0.29, 0.717) is 30.4 Å². The molecule has 0 spiro atoms. The predicted octanol–water partition coefficient (Wildman–Crippen LogP) is 3.38. The lowest BCUT2D eigenvalue weighted by Gasteiger charge is -2.04. The fourth-order valence-electron chi connectivity index (χ4n) is 2.19. The summed E-state index contributed by atoms with van der Waals surface area (Å²) in [4.78, 5) is 16.0. The molecule has 122 valence electrons. The monoisotopic (exact) mass is 323 g/mol. The van der Waals surface area contributed by atoms with E-state index in [2.05, 4.69) is 15.5 Å². The number of rotatable bonds is 5. The number of ether oxygens (including phenoxy) is 1. The first-order chi connectivity index (χ1) is 11.7. The predicted molar refractivity (Wildman–Crippen MR) is 88.6 cm³/mol. The van der Waals surface area contributed by atoms with Gasteiger partial charge in [-0.1, -0.05) is 47.6 Å². The van der Waals surface area contributed by atoms with Crippen molar-refractivity contribution >= 4 is 6.09 Å². The van der Waals surface area contributed by atoms with Crippen molar-refractivity contribution in [2.75, 3.05) is 6.54 Å². The summed E-state index contributed by atoms with van der Waals surface area (Å²) in [5.74, 6) is 1.51. The van der Waals surface area contributed by atoms with Crippen LogP contribution in [0.4, 0.5) is 4.79 Å². The fourth-order valence-corrected chi connectivity index (χ4v) is 2.19. The van der Waals surface area contributed by atoms with Crippen molar-refractivity contribution in [3.05, 3.63) is 66.1 Å². The maximum atomic E-state index is 11.7. The van der Waals surface area contributed by atoms with Crippen LogP contribution in [0.5, 0.6) is 5.75 Å². The van der Waals surface area contributed by atoms with Gasteiger partial charge in [0.25, 0.3) is 0 Å². The third-order valence-corrected chi connectivity index (χ3v) is 3.42. The molecule has 0 fully saturated rings. The third kappa shape index (κ3) is 3.98. The van der Waals surface area contributed by atoms with E-state index in [1.165, 1.54) is 0 Å². The van der Waals surface area contributed by atoms with Crippen LogP contribution in [0.3, 0.4) is 0 Å². The van der Waals surface area contributed by atoms with Crippen LogP contribution in [0.2, 0.25) is 0 Å². The zero-order chi connectivity index (χ0) is 16.8. The standard InChI is InChI=1S/C18H17N3O3/c1-13-7-5-6-10-15(13)17-20-16(24-21-17)11-12-19-18(22)23-14-8-3-2-4-9-14/h2-10H,11-12H2,1H3,(H,19,22). The molecule has 24 heavy (non-hydrogen) atoms. The molecule has 6 nitrogen and oxygen atoms in total. The highest BCUT2D eigenvalue weighted by molar-refractivity contribution is 5.70. The summed E-state index contributed by atoms with van der Waals surface area (Å²) in [6.45, 7) is 2.34. The van der Waals surface area contributed by atoms with Crippen LogP contribution in [-0.2, 0) is 6.42 Å². The quantitative estimate of drug-likeness (QED) is 0.779. The summed E-state index contributed by atoms with van der Waals surface area (Å²) >= 11 is 0. The first kappa shape index (κ1) is 15.7. The average molecular weight is 323 g/mol. The number of aromatic nitrogens is 2. The zero-order valence-corrected chi connectivity index (χ0v) is 13.2. The Hall–Kier alpha value is -3.15. The Balaban J connectivity index is 1.51. The second-order valence-corrected chi connectivity index (χ2v) is 5.21. The number of nitrogens with zero attached hydrogens (tertiary/aromatic N) is 2. The molecule has 1 N–H and O–H groups in total. The number of amides is 1. The van der Waals surface area contributed by atoms with Crippen molar-refractivity contribution < 1.29 is 14.1 Å². The SMILES string of the molecule is Cc1ccccc1-c1noc(CCNC(=O)Oc2ccccc2)n1. The number of para-hydroxylation sites is 1. The normalized spacial score (nSPS) is 10.4. The largest absolute Gasteiger partial charge is 0.412 e. The Morgan fingerprint density at radius 2 is 1.88 bits per heavy atom. The summed E-state index contributed by atoms with van der Waals surface area (Å²) in [5, 5.41) is 6.63. The van der Waals surface area contributed by atoms with Crippen molar-refractivity contribution in [2.24, 2.45) is 0 Å². The number of benzene rings is 2. The van der Waals surface area contributed by atoms with E-state index in [4.69, 9.17) is 9.26 Å². The molecule has 0 aliphatic rings. The molecule has 0 unspecified atom stereocenters. The van der Waals surface area contributed by atoms with E-state index < -0.39 is 6.09 Å². The second kappa shape index (κ2) is 7.41. The van der Waals surface area contributed by atoms with Gasteiger partial charge >= 0.3 is 6.09 Å². The van der Waals surface area contributed by atoms with Gasteiger partial charge in [0.15, 0.2) is 0 Å². The highest BCUT2D eigenvalue weighted by Gasteiger charge is 2.11. The zero-order valence-electron chi connectivity index (χ0n) is 13.2. The van der Waals surface area contributed by atoms with Crippen LogP contribution in [-0.4, -0.2) is 22.8 Å². The topological polar surface area (TPSA) is 77.2 Å². The molecule has 6 heteroatoms. The maximum absolute atomic E-state index is 11.7. The third-order valence-electron chi connectivity index (χ3n) is 3.42. The molecular formula is C18H17N3O3. The van der Waals surface area contributed by atoms with Gasteiger partial charge in [-0.2, -0.15) is 4.98 Å². The van der Waals surface area contributed by atoms with Gasteiger partial charge in [-0.05, 0) is 24.6 Å². The Labute approximate surface area is 139 Å². The second-order valence-electron chi connectivity index (χ2n) is 5.21. The first-order valence-electron chi connectivity index (χ1n) is 7.62. The van der Waals surface area contributed by atoms with Gasteiger partial charge in [0.05, 0.1) is 0 Å². The molecule has 0 radical (unpaired) electrons. The minimum atomic E-state index is -0.514. The van der Waals surface area contributed by atoms with Gasteiger partial charge in [0, 0.05) is 18.5 Å². The number of aryl methyl sites for hydroxylation is 1. The summed E-state index contributed by atoms with van der Waals surface area (Å²) in [6, 6.07) is 16.7. The highest BCUT2D eigenvalue weighted by atomic mass is 16.6. The lowest BCUT2D eigenvalue weighted by atomic mass is 10.1. The Bertz CT molecular complexity index is 815. The van der Waals surface area contributed by atoms with Crippen molar-refractivity contribution in [1.82, 2.24) is 15.5 Å². The molecule has 0 aliphatic carbocycles. The molecule has 3 rings (SSSR count). The summed E-state index contributed by atoms with van der Waals surface area (Å²) in [7, 11) is 0. The minimum absolute atomic E-state index is 0.348. The Morgan fingerprint density at radius 3 is 2.67 bits per heavy atom. The van der Waals surface area contributed by atoms with Gasteiger partial charge in [0.1, 0.15) is 5.75 Å². The van der Waals surface area contributed by atoms with E-state index in [1.54, 1.807) is 24.3 Å². The molecule has 2 aromatic carbocycles. The van der Waals surface area contributed by atoms with Crippen LogP contribution in [0, 0.1) is 6.92 Å². The lowest BCUT2D eigenvalue weighted by molar-refractivity contribution is 0.200. The van der Waals surface area contributed by atoms with Crippen LogP contribution < -0.4 is 10.1 Å². The smallest absolute Gasteiger partial charge is 0.410 e. The molecule has 0 bridgehead atoms. The molecular weight excluding hydrogens is 306 g/mol. The average Bonchev–Trinajstić information content (AvgIpc) is 3.05. The van der Waals surface area contributed by atoms with Crippen molar-refractivity contribution in [1.29, 1.82) is 0 Å². The van der Waals surface area contributed by atoms with Crippen molar-refractivity contribution in [3.8, 4) is 17.1 Å². The molecule has 1 amide bonds. The molecule has 1 aromatic heterocycles. The number of nitrogens with one attached hydrogen (secondary N) is 1. The molecule has 0 saturated heterocycles. The van der Waals surface area contributed by atoms with E-state index in [9.17, 15) is 4.79 Å². The first-order valence-corrected chi connectivity index (χ1v) is 7.62. The van der Waals surface area contributed by atoms with Crippen LogP contribution >= 0.6 is 0 Å². The minimum Gasteiger partial charge on any atom is -0.410 e. The van der Waals surface area contributed by atoms with E-state index in [0.717, 1.165) is 11.1 Å². The number of hydrogen-bond donors (Lipinski definition) is 1. The Morgan fingerprint density at radius 1 is 1.12 bits per heavy atom. The van der Waals surface area contributed by atoms with E-state index >= 15 is 0 Å². The van der Waals surface area contributed by atoms with E-state index in [1.807, 2.05) is 37.3 Å². The van der Waals surface area contributed by atoms with Crippen LogP contribution in [0.15, 0.2) is 59.1 Å². The van der Waals surface area contributed by atoms with Crippen molar-refractivity contribution in [2.45, 2.75) is 13.3 Å². The Kier molecular flexibility index (Phi) is 4.86. The van der Waals surface area contributed by atoms with E-state index in [-0.39, 0.29) is 0 Å². The number of carbonyl (C=O) groups is 1. The van der Waals surface area contributed by atoms with Gasteiger partial charge in [-0.25, -0.2) is 4.79 Å². The van der Waals surface area contributed by atoms with Crippen LogP contribution in [0.1, 0.15) is 11.5 Å². The highest BCUT2D eigenvalue weighted by Crippen LogP contribution is 2.19. The number of carbonyl (C=O) groups excluding carboxylic acids is 1.